The fourth-order valence-electron chi connectivity index (χ4n) is 4.92. The van der Waals surface area contributed by atoms with Crippen LogP contribution in [-0.2, 0) is 4.79 Å². The zero-order valence-corrected chi connectivity index (χ0v) is 18.7. The summed E-state index contributed by atoms with van der Waals surface area (Å²) < 4.78 is 0. The third-order valence-electron chi connectivity index (χ3n) is 6.41. The van der Waals surface area contributed by atoms with Crippen molar-refractivity contribution >= 4 is 33.8 Å². The first kappa shape index (κ1) is 20.0. The molecule has 0 spiro atoms. The van der Waals surface area contributed by atoms with E-state index in [1.54, 1.807) is 11.8 Å². The number of rotatable bonds is 4. The molecular formula is C29H21NO2S. The van der Waals surface area contributed by atoms with Gasteiger partial charge in [-0.2, -0.15) is 0 Å². The average molecular weight is 448 g/mol. The summed E-state index contributed by atoms with van der Waals surface area (Å²) in [4.78, 5) is 30.7. The van der Waals surface area contributed by atoms with Crippen molar-refractivity contribution in [1.29, 1.82) is 0 Å². The normalized spacial score (nSPS) is 21.5. The largest absolute Gasteiger partial charge is 0.332 e. The van der Waals surface area contributed by atoms with Gasteiger partial charge < -0.3 is 4.90 Å². The summed E-state index contributed by atoms with van der Waals surface area (Å²) in [5.41, 5.74) is 4.91. The van der Waals surface area contributed by atoms with Gasteiger partial charge in [-0.25, -0.2) is 0 Å². The summed E-state index contributed by atoms with van der Waals surface area (Å²) in [5.74, 6) is 0.137. The topological polar surface area (TPSA) is 37.4 Å². The maximum atomic E-state index is 13.9. The molecule has 3 nitrogen and oxygen atoms in total. The van der Waals surface area contributed by atoms with Gasteiger partial charge in [0.25, 0.3) is 0 Å². The second kappa shape index (κ2) is 8.05. The Morgan fingerprint density at radius 3 is 2.09 bits per heavy atom. The zero-order valence-electron chi connectivity index (χ0n) is 17.8. The number of carbonyl (C=O) groups excluding carboxylic acids is 2. The molecule has 0 radical (unpaired) electrons. The van der Waals surface area contributed by atoms with Crippen molar-refractivity contribution in [1.82, 2.24) is 4.90 Å². The van der Waals surface area contributed by atoms with Crippen LogP contribution in [0.2, 0.25) is 0 Å². The number of hydrogen-bond donors (Lipinski definition) is 0. The monoisotopic (exact) mass is 447 g/mol. The van der Waals surface area contributed by atoms with Crippen molar-refractivity contribution in [2.24, 2.45) is 0 Å². The van der Waals surface area contributed by atoms with Gasteiger partial charge in [-0.3, -0.25) is 9.59 Å². The minimum absolute atomic E-state index is 0.0321. The third-order valence-corrected chi connectivity index (χ3v) is 7.86. The number of allylic oxidation sites excluding steroid dienone is 2. The number of hydrogen-bond acceptors (Lipinski definition) is 4. The first-order valence-electron chi connectivity index (χ1n) is 11.1. The summed E-state index contributed by atoms with van der Waals surface area (Å²) in [5, 5.41) is -0.311. The number of carbonyl (C=O) groups is 2. The van der Waals surface area contributed by atoms with E-state index >= 15 is 0 Å². The van der Waals surface area contributed by atoms with Crippen molar-refractivity contribution in [2.75, 3.05) is 0 Å². The fraction of sp³-hybridized carbons (Fsp3) is 0.103. The van der Waals surface area contributed by atoms with Crippen LogP contribution in [0.15, 0.2) is 115 Å². The van der Waals surface area contributed by atoms with Gasteiger partial charge in [-0.1, -0.05) is 97.1 Å². The lowest BCUT2D eigenvalue weighted by atomic mass is 9.95. The fourth-order valence-corrected chi connectivity index (χ4v) is 6.39. The molecule has 2 atom stereocenters. The molecule has 6 rings (SSSR count). The molecular weight excluding hydrogens is 426 g/mol. The summed E-state index contributed by atoms with van der Waals surface area (Å²) in [6, 6.07) is 29.2. The van der Waals surface area contributed by atoms with Gasteiger partial charge in [0.05, 0.1) is 22.6 Å². The van der Waals surface area contributed by atoms with E-state index in [2.05, 4.69) is 11.0 Å². The summed E-state index contributed by atoms with van der Waals surface area (Å²) in [7, 11) is 0. The Balaban J connectivity index is 1.56. The molecule has 0 aromatic heterocycles. The predicted molar refractivity (Wildman–Crippen MR) is 133 cm³/mol. The molecule has 0 saturated carbocycles. The predicted octanol–water partition coefficient (Wildman–Crippen LogP) is 5.98. The molecule has 0 fully saturated rings. The van der Waals surface area contributed by atoms with E-state index in [1.807, 2.05) is 97.1 Å². The standard InChI is InChI=1S/C29H21NO2S/c31-26(20-13-6-2-7-14-20)29-23-18-10-17-22-24(19-11-4-1-5-12-19)27(32)25(30(22)23)28(33-29)21-15-8-3-9-16-21/h1-17,23,29H,18H2/t23-,29+/m0/s1. The lowest BCUT2D eigenvalue weighted by Crippen LogP contribution is -2.47. The van der Waals surface area contributed by atoms with Crippen LogP contribution in [0.3, 0.4) is 0 Å². The van der Waals surface area contributed by atoms with Crippen LogP contribution in [0, 0.1) is 0 Å². The summed E-state index contributed by atoms with van der Waals surface area (Å²) in [6.45, 7) is 0. The summed E-state index contributed by atoms with van der Waals surface area (Å²) in [6.07, 6.45) is 4.88. The Bertz CT molecular complexity index is 1340. The smallest absolute Gasteiger partial charge is 0.213 e. The van der Waals surface area contributed by atoms with Crippen molar-refractivity contribution in [3.05, 3.63) is 131 Å². The molecule has 4 heteroatoms. The maximum absolute atomic E-state index is 13.9. The van der Waals surface area contributed by atoms with Crippen molar-refractivity contribution in [3.63, 3.8) is 0 Å². The van der Waals surface area contributed by atoms with Gasteiger partial charge in [0.1, 0.15) is 5.70 Å². The molecule has 3 heterocycles. The van der Waals surface area contributed by atoms with Crippen LogP contribution in [0.4, 0.5) is 0 Å². The SMILES string of the molecule is O=C1C(c2ccccc2)=C2C=CC[C@H]3[C@H](C(=O)c4ccccc4)SC(c4ccccc4)=C1N23. The quantitative estimate of drug-likeness (QED) is 0.461. The highest BCUT2D eigenvalue weighted by Gasteiger charge is 2.49. The number of Topliss-reactive ketones (excluding diaryl/α,β-unsaturated/α-hetero) is 2. The van der Waals surface area contributed by atoms with Gasteiger partial charge in [0.2, 0.25) is 5.78 Å². The van der Waals surface area contributed by atoms with Crippen LogP contribution in [0.5, 0.6) is 0 Å². The van der Waals surface area contributed by atoms with Crippen molar-refractivity contribution in [3.8, 4) is 0 Å². The molecule has 0 amide bonds. The van der Waals surface area contributed by atoms with E-state index in [9.17, 15) is 9.59 Å². The number of ketones is 2. The van der Waals surface area contributed by atoms with Crippen LogP contribution in [-0.4, -0.2) is 27.8 Å². The van der Waals surface area contributed by atoms with E-state index in [4.69, 9.17) is 0 Å². The van der Waals surface area contributed by atoms with Crippen LogP contribution < -0.4 is 0 Å². The van der Waals surface area contributed by atoms with E-state index in [0.29, 0.717) is 16.8 Å². The van der Waals surface area contributed by atoms with E-state index < -0.39 is 0 Å². The lowest BCUT2D eigenvalue weighted by molar-refractivity contribution is -0.111. The van der Waals surface area contributed by atoms with Gasteiger partial charge in [-0.15, -0.1) is 11.8 Å². The third kappa shape index (κ3) is 3.21. The Morgan fingerprint density at radius 2 is 1.42 bits per heavy atom. The van der Waals surface area contributed by atoms with Gasteiger partial charge in [0, 0.05) is 10.5 Å². The second-order valence-electron chi connectivity index (χ2n) is 8.34. The highest BCUT2D eigenvalue weighted by Crippen LogP contribution is 2.52. The van der Waals surface area contributed by atoms with E-state index in [1.165, 1.54) is 0 Å². The Morgan fingerprint density at radius 1 is 0.818 bits per heavy atom. The first-order valence-corrected chi connectivity index (χ1v) is 12.0. The highest BCUT2D eigenvalue weighted by atomic mass is 32.2. The van der Waals surface area contributed by atoms with Gasteiger partial charge in [-0.05, 0) is 23.6 Å². The number of thioether (sulfide) groups is 1. The molecule has 3 aromatic carbocycles. The Kier molecular flexibility index (Phi) is 4.88. The maximum Gasteiger partial charge on any atom is 0.213 e. The molecule has 0 unspecified atom stereocenters. The van der Waals surface area contributed by atoms with Crippen molar-refractivity contribution < 1.29 is 9.59 Å². The molecule has 3 aliphatic heterocycles. The van der Waals surface area contributed by atoms with E-state index in [-0.39, 0.29) is 22.9 Å². The van der Waals surface area contributed by atoms with Gasteiger partial charge >= 0.3 is 0 Å². The Hall–Kier alpha value is -3.63. The van der Waals surface area contributed by atoms with Crippen LogP contribution in [0.25, 0.3) is 10.5 Å². The molecule has 160 valence electrons. The molecule has 0 bridgehead atoms. The lowest BCUT2D eigenvalue weighted by Gasteiger charge is -2.42. The molecule has 0 N–H and O–H groups in total. The molecule has 3 aromatic rings. The Labute approximate surface area is 197 Å². The summed E-state index contributed by atoms with van der Waals surface area (Å²) >= 11 is 1.54. The number of benzene rings is 3. The van der Waals surface area contributed by atoms with Crippen molar-refractivity contribution in [2.45, 2.75) is 17.7 Å². The van der Waals surface area contributed by atoms with Gasteiger partial charge in [0.15, 0.2) is 5.78 Å². The number of nitrogens with zero attached hydrogens (tertiary/aromatic N) is 1. The minimum Gasteiger partial charge on any atom is -0.332 e. The first-order chi connectivity index (χ1) is 16.2. The van der Waals surface area contributed by atoms with Crippen LogP contribution >= 0.6 is 11.8 Å². The molecule has 0 saturated heterocycles. The highest BCUT2D eigenvalue weighted by molar-refractivity contribution is 8.09. The molecule has 3 aliphatic rings. The molecule has 0 aliphatic carbocycles. The second-order valence-corrected chi connectivity index (χ2v) is 9.50. The molecule has 33 heavy (non-hydrogen) atoms. The average Bonchev–Trinajstić information content (AvgIpc) is 3.19. The minimum atomic E-state index is -0.311. The van der Waals surface area contributed by atoms with Crippen LogP contribution in [0.1, 0.15) is 27.9 Å². The zero-order chi connectivity index (χ0) is 22.4. The van der Waals surface area contributed by atoms with E-state index in [0.717, 1.165) is 28.1 Å².